The number of para-hydroxylation sites is 2. The van der Waals surface area contributed by atoms with E-state index in [-0.39, 0.29) is 13.9 Å². The van der Waals surface area contributed by atoms with Gasteiger partial charge in [0.15, 0.2) is 5.13 Å². The highest BCUT2D eigenvalue weighted by molar-refractivity contribution is 7.13. The molecule has 6 N–H and O–H groups in total. The molecule has 10 nitrogen and oxygen atoms in total. The Labute approximate surface area is 187 Å². The molecular weight excluding hydrogens is 416 g/mol. The summed E-state index contributed by atoms with van der Waals surface area (Å²) in [5.74, 6) is 11.1. The van der Waals surface area contributed by atoms with Crippen LogP contribution in [-0.2, 0) is 11.4 Å². The lowest BCUT2D eigenvalue weighted by Crippen LogP contribution is -2.37. The first kappa shape index (κ1) is 22.9. The second-order valence-corrected chi connectivity index (χ2v) is 8.25. The van der Waals surface area contributed by atoms with Crippen molar-refractivity contribution in [3.63, 3.8) is 0 Å². The maximum Gasteiger partial charge on any atom is 0.318 e. The molecule has 11 heteroatoms. The number of rotatable bonds is 7. The molecule has 2 heterocycles. The van der Waals surface area contributed by atoms with E-state index in [1.165, 1.54) is 29.3 Å². The van der Waals surface area contributed by atoms with Gasteiger partial charge in [0.05, 0.1) is 16.7 Å². The van der Waals surface area contributed by atoms with Crippen molar-refractivity contribution >= 4 is 33.4 Å². The Morgan fingerprint density at radius 1 is 1.35 bits per heavy atom. The van der Waals surface area contributed by atoms with E-state index in [4.69, 9.17) is 10.6 Å². The number of hydrazine groups is 2. The van der Waals surface area contributed by atoms with Crippen LogP contribution in [0.3, 0.4) is 0 Å². The SMILES string of the molecule is CN(N)n1c(OCc2csc(NC(=O)CC3CCCC3)n2)nc2ccccc21.CNN.[HH]. The summed E-state index contributed by atoms with van der Waals surface area (Å²) in [5, 5.41) is 6.82. The number of nitrogens with two attached hydrogens (primary N) is 2. The number of benzene rings is 1. The third kappa shape index (κ3) is 6.14. The number of nitrogens with zero attached hydrogens (tertiary/aromatic N) is 4. The van der Waals surface area contributed by atoms with E-state index in [0.29, 0.717) is 23.5 Å². The summed E-state index contributed by atoms with van der Waals surface area (Å²) >= 11 is 1.40. The summed E-state index contributed by atoms with van der Waals surface area (Å²) in [6.07, 6.45) is 5.36. The van der Waals surface area contributed by atoms with Gasteiger partial charge in [-0.1, -0.05) is 25.0 Å². The van der Waals surface area contributed by atoms with Crippen molar-refractivity contribution < 1.29 is 11.0 Å². The molecule has 1 saturated carbocycles. The number of hydrogen-bond acceptors (Lipinski definition) is 9. The molecule has 170 valence electrons. The van der Waals surface area contributed by atoms with Crippen LogP contribution >= 0.6 is 11.3 Å². The third-order valence-electron chi connectivity index (χ3n) is 4.92. The molecule has 0 spiro atoms. The largest absolute Gasteiger partial charge is 0.457 e. The quantitative estimate of drug-likeness (QED) is 0.319. The Morgan fingerprint density at radius 3 is 2.77 bits per heavy atom. The number of hydrogen-bond donors (Lipinski definition) is 4. The minimum Gasteiger partial charge on any atom is -0.457 e. The van der Waals surface area contributed by atoms with Crippen LogP contribution in [-0.4, -0.2) is 34.6 Å². The number of amides is 1. The number of imidazole rings is 1. The van der Waals surface area contributed by atoms with E-state index in [9.17, 15) is 4.79 Å². The lowest BCUT2D eigenvalue weighted by molar-refractivity contribution is -0.117. The van der Waals surface area contributed by atoms with E-state index in [1.807, 2.05) is 29.6 Å². The number of carbonyl (C=O) groups excluding carboxylic acids is 1. The average Bonchev–Trinajstić information content (AvgIpc) is 3.46. The van der Waals surface area contributed by atoms with E-state index in [2.05, 4.69) is 26.6 Å². The Kier molecular flexibility index (Phi) is 8.18. The monoisotopic (exact) mass is 448 g/mol. The first-order chi connectivity index (χ1) is 15.0. The molecule has 1 aliphatic rings. The van der Waals surface area contributed by atoms with Gasteiger partial charge in [-0.05, 0) is 37.9 Å². The zero-order chi connectivity index (χ0) is 22.2. The molecule has 0 atom stereocenters. The van der Waals surface area contributed by atoms with Crippen molar-refractivity contribution in [2.45, 2.75) is 38.7 Å². The lowest BCUT2D eigenvalue weighted by atomic mass is 10.0. The van der Waals surface area contributed by atoms with Crippen LogP contribution in [0.25, 0.3) is 11.0 Å². The number of fused-ring (bicyclic) bond motifs is 1. The van der Waals surface area contributed by atoms with Gasteiger partial charge in [0.25, 0.3) is 0 Å². The van der Waals surface area contributed by atoms with Gasteiger partial charge in [-0.2, -0.15) is 9.66 Å². The number of nitrogens with one attached hydrogen (secondary N) is 2. The number of carbonyl (C=O) groups is 1. The highest BCUT2D eigenvalue weighted by Crippen LogP contribution is 2.28. The van der Waals surface area contributed by atoms with Crippen LogP contribution in [0.2, 0.25) is 0 Å². The van der Waals surface area contributed by atoms with Gasteiger partial charge < -0.3 is 10.1 Å². The summed E-state index contributed by atoms with van der Waals surface area (Å²) in [6, 6.07) is 8.07. The molecule has 2 aromatic heterocycles. The fraction of sp³-hybridized carbons (Fsp3) is 0.450. The second kappa shape index (κ2) is 11.0. The molecule has 1 aromatic carbocycles. The van der Waals surface area contributed by atoms with Crippen LogP contribution in [0.15, 0.2) is 29.6 Å². The van der Waals surface area contributed by atoms with Crippen molar-refractivity contribution in [3.8, 4) is 6.01 Å². The first-order valence-corrected chi connectivity index (χ1v) is 11.1. The maximum atomic E-state index is 12.2. The molecule has 1 amide bonds. The topological polar surface area (TPSA) is 136 Å². The van der Waals surface area contributed by atoms with Gasteiger partial charge in [0.1, 0.15) is 6.61 Å². The summed E-state index contributed by atoms with van der Waals surface area (Å²) in [6.45, 7) is 0.242. The Hall–Kier alpha value is -2.73. The molecular formula is C20H32N8O2S. The van der Waals surface area contributed by atoms with Gasteiger partial charge in [-0.3, -0.25) is 16.1 Å². The molecule has 1 fully saturated rings. The summed E-state index contributed by atoms with van der Waals surface area (Å²) in [4.78, 5) is 21.1. The van der Waals surface area contributed by atoms with E-state index < -0.39 is 0 Å². The zero-order valence-electron chi connectivity index (χ0n) is 17.9. The van der Waals surface area contributed by atoms with Gasteiger partial charge in [0, 0.05) is 20.3 Å². The maximum absolute atomic E-state index is 12.2. The van der Waals surface area contributed by atoms with Gasteiger partial charge >= 0.3 is 6.01 Å². The molecule has 0 unspecified atom stereocenters. The smallest absolute Gasteiger partial charge is 0.318 e. The average molecular weight is 449 g/mol. The number of anilines is 1. The fourth-order valence-electron chi connectivity index (χ4n) is 3.61. The number of thiazole rings is 1. The van der Waals surface area contributed by atoms with Crippen molar-refractivity contribution in [3.05, 3.63) is 35.3 Å². The number of ether oxygens (including phenoxy) is 1. The third-order valence-corrected chi connectivity index (χ3v) is 5.73. The Bertz CT molecular complexity index is 987. The lowest BCUT2D eigenvalue weighted by Gasteiger charge is -2.16. The summed E-state index contributed by atoms with van der Waals surface area (Å²) < 4.78 is 7.56. The van der Waals surface area contributed by atoms with Crippen LogP contribution in [0, 0.1) is 5.92 Å². The minimum atomic E-state index is 0. The molecule has 4 rings (SSSR count). The standard InChI is InChI=1S/C19H24N6O2S.CH6N2.H2/c1-24(20)25-16-9-5-4-8-15(16)22-19(25)27-11-14-12-28-18(21-14)23-17(26)10-13-6-2-3-7-13;1-3-2;/h4-5,8-9,12-13H,2-3,6-7,10-11,20H2,1H3,(H,21,23,26);3H,2H2,1H3;1H. The van der Waals surface area contributed by atoms with Crippen molar-refractivity contribution in [2.24, 2.45) is 17.6 Å². The fourth-order valence-corrected chi connectivity index (χ4v) is 4.32. The van der Waals surface area contributed by atoms with E-state index in [1.54, 1.807) is 18.8 Å². The molecule has 0 saturated heterocycles. The normalized spacial score (nSPS) is 13.7. The summed E-state index contributed by atoms with van der Waals surface area (Å²) in [5.41, 5.74) is 4.65. The highest BCUT2D eigenvalue weighted by atomic mass is 32.1. The summed E-state index contributed by atoms with van der Waals surface area (Å²) in [7, 11) is 3.38. The van der Waals surface area contributed by atoms with Crippen LogP contribution < -0.4 is 32.3 Å². The van der Waals surface area contributed by atoms with Gasteiger partial charge in [-0.15, -0.1) is 11.3 Å². The highest BCUT2D eigenvalue weighted by Gasteiger charge is 2.19. The predicted molar refractivity (Wildman–Crippen MR) is 125 cm³/mol. The zero-order valence-corrected chi connectivity index (χ0v) is 18.7. The molecule has 0 bridgehead atoms. The van der Waals surface area contributed by atoms with E-state index >= 15 is 0 Å². The van der Waals surface area contributed by atoms with Crippen molar-refractivity contribution in [2.75, 3.05) is 24.5 Å². The minimum absolute atomic E-state index is 0. The van der Waals surface area contributed by atoms with E-state index in [0.717, 1.165) is 29.6 Å². The second-order valence-electron chi connectivity index (χ2n) is 7.39. The molecule has 0 aliphatic heterocycles. The van der Waals surface area contributed by atoms with Crippen LogP contribution in [0.4, 0.5) is 5.13 Å². The first-order valence-electron chi connectivity index (χ1n) is 10.2. The Morgan fingerprint density at radius 2 is 2.06 bits per heavy atom. The molecule has 0 radical (unpaired) electrons. The van der Waals surface area contributed by atoms with Gasteiger partial charge in [-0.25, -0.2) is 15.9 Å². The van der Waals surface area contributed by atoms with Crippen molar-refractivity contribution in [1.82, 2.24) is 20.1 Å². The molecule has 1 aliphatic carbocycles. The number of aromatic nitrogens is 3. The van der Waals surface area contributed by atoms with Gasteiger partial charge in [0.2, 0.25) is 5.91 Å². The van der Waals surface area contributed by atoms with Crippen molar-refractivity contribution in [1.29, 1.82) is 0 Å². The predicted octanol–water partition coefficient (Wildman–Crippen LogP) is 2.36. The van der Waals surface area contributed by atoms with Crippen LogP contribution in [0.5, 0.6) is 6.01 Å². The molecule has 3 aromatic rings. The molecule has 31 heavy (non-hydrogen) atoms. The Balaban J connectivity index is 0.000000860. The van der Waals surface area contributed by atoms with Crippen LogP contribution in [0.1, 0.15) is 39.2 Å².